The molecule has 1 fully saturated rings. The Balaban J connectivity index is 1.38. The van der Waals surface area contributed by atoms with Crippen LogP contribution < -0.4 is 4.90 Å². The van der Waals surface area contributed by atoms with Gasteiger partial charge >= 0.3 is 0 Å². The van der Waals surface area contributed by atoms with Gasteiger partial charge in [0, 0.05) is 41.1 Å². The molecule has 1 unspecified atom stereocenters. The van der Waals surface area contributed by atoms with Crippen molar-refractivity contribution in [3.63, 3.8) is 0 Å². The summed E-state index contributed by atoms with van der Waals surface area (Å²) in [6.07, 6.45) is 4.52. The number of rotatable bonds is 4. The van der Waals surface area contributed by atoms with Gasteiger partial charge in [-0.15, -0.1) is 15.3 Å². The van der Waals surface area contributed by atoms with Gasteiger partial charge < -0.3 is 15.0 Å². The molecule has 4 aromatic rings. The van der Waals surface area contributed by atoms with Gasteiger partial charge in [-0.3, -0.25) is 0 Å². The summed E-state index contributed by atoms with van der Waals surface area (Å²) in [4.78, 5) is 9.39. The van der Waals surface area contributed by atoms with E-state index in [0.29, 0.717) is 27.3 Å². The number of aromatic amines is 1. The molecule has 4 heterocycles. The van der Waals surface area contributed by atoms with Crippen molar-refractivity contribution in [3.05, 3.63) is 58.6 Å². The average Bonchev–Trinajstić information content (AvgIpc) is 3.42. The number of aliphatic hydroxyl groups is 1. The molecule has 154 valence electrons. The highest BCUT2D eigenvalue weighted by molar-refractivity contribution is 6.35. The summed E-state index contributed by atoms with van der Waals surface area (Å²) in [5.74, 6) is 2.21. The fourth-order valence-corrected chi connectivity index (χ4v) is 4.44. The first-order valence-electron chi connectivity index (χ1n) is 9.70. The number of halogens is 2. The van der Waals surface area contributed by atoms with Crippen LogP contribution >= 0.6 is 23.2 Å². The molecule has 1 aliphatic heterocycles. The molecule has 1 aliphatic rings. The normalized spacial score (nSPS) is 16.3. The largest absolute Gasteiger partial charge is 0.385 e. The molecule has 0 radical (unpaired) electrons. The van der Waals surface area contributed by atoms with Crippen LogP contribution in [0.4, 0.5) is 5.82 Å². The van der Waals surface area contributed by atoms with Gasteiger partial charge in [-0.25, -0.2) is 4.98 Å². The lowest BCUT2D eigenvalue weighted by Crippen LogP contribution is -2.36. The molecule has 0 amide bonds. The van der Waals surface area contributed by atoms with Crippen LogP contribution in [0.3, 0.4) is 0 Å². The molecule has 30 heavy (non-hydrogen) atoms. The summed E-state index contributed by atoms with van der Waals surface area (Å²) >= 11 is 12.3. The van der Waals surface area contributed by atoms with Crippen LogP contribution in [0.15, 0.2) is 42.7 Å². The van der Waals surface area contributed by atoms with Crippen LogP contribution in [0.5, 0.6) is 0 Å². The van der Waals surface area contributed by atoms with E-state index in [2.05, 4.69) is 25.1 Å². The molecule has 8 nitrogen and oxygen atoms in total. The summed E-state index contributed by atoms with van der Waals surface area (Å²) in [5, 5.41) is 24.8. The molecule has 2 N–H and O–H groups in total. The Bertz CT molecular complexity index is 1150. The lowest BCUT2D eigenvalue weighted by molar-refractivity contribution is 0.0856. The first-order chi connectivity index (χ1) is 14.6. The predicted octanol–water partition coefficient (Wildman–Crippen LogP) is 3.77. The van der Waals surface area contributed by atoms with Crippen LogP contribution in [0, 0.1) is 5.92 Å². The standard InChI is InChI=1S/C20H19Cl2N7O/c21-14-9-13(10-15(22)11-14)20-26-25-16-1-2-17(27-29(16)20)28-7-3-12(4-8-28)18(30)19-23-5-6-24-19/h1-2,5-6,9-12,18,30H,3-4,7-8H2,(H,23,24). The van der Waals surface area contributed by atoms with Crippen molar-refractivity contribution in [2.24, 2.45) is 5.92 Å². The van der Waals surface area contributed by atoms with Gasteiger partial charge in [0.2, 0.25) is 0 Å². The number of hydrogen-bond donors (Lipinski definition) is 2. The highest BCUT2D eigenvalue weighted by Crippen LogP contribution is 2.31. The first kappa shape index (κ1) is 19.3. The zero-order valence-corrected chi connectivity index (χ0v) is 17.4. The third-order valence-corrected chi connectivity index (χ3v) is 5.92. The number of H-pyrrole nitrogens is 1. The summed E-state index contributed by atoms with van der Waals surface area (Å²) in [6.45, 7) is 1.59. The molecule has 10 heteroatoms. The van der Waals surface area contributed by atoms with Crippen molar-refractivity contribution < 1.29 is 5.11 Å². The Morgan fingerprint density at radius 2 is 1.83 bits per heavy atom. The molecule has 0 bridgehead atoms. The van der Waals surface area contributed by atoms with Crippen LogP contribution in [-0.4, -0.2) is 48.0 Å². The van der Waals surface area contributed by atoms with Crippen molar-refractivity contribution in [2.75, 3.05) is 18.0 Å². The van der Waals surface area contributed by atoms with E-state index in [-0.39, 0.29) is 5.92 Å². The molecule has 1 saturated heterocycles. The Hall–Kier alpha value is -2.68. The number of aromatic nitrogens is 6. The third-order valence-electron chi connectivity index (χ3n) is 5.48. The zero-order valence-electron chi connectivity index (χ0n) is 15.9. The van der Waals surface area contributed by atoms with E-state index in [9.17, 15) is 5.11 Å². The number of aliphatic hydroxyl groups excluding tert-OH is 1. The topological polar surface area (TPSA) is 95.2 Å². The molecule has 3 aromatic heterocycles. The van der Waals surface area contributed by atoms with Crippen molar-refractivity contribution in [1.82, 2.24) is 29.8 Å². The molecule has 1 atom stereocenters. The van der Waals surface area contributed by atoms with Gasteiger partial charge in [0.05, 0.1) is 0 Å². The number of piperidine rings is 1. The van der Waals surface area contributed by atoms with Gasteiger partial charge in [-0.2, -0.15) is 4.52 Å². The van der Waals surface area contributed by atoms with Crippen LogP contribution in [0.25, 0.3) is 17.0 Å². The van der Waals surface area contributed by atoms with E-state index in [0.717, 1.165) is 37.3 Å². The molecule has 0 saturated carbocycles. The lowest BCUT2D eigenvalue weighted by atomic mass is 9.91. The Kier molecular flexibility index (Phi) is 5.06. The second-order valence-electron chi connectivity index (χ2n) is 7.39. The van der Waals surface area contributed by atoms with Crippen LogP contribution in [0.2, 0.25) is 10.0 Å². The van der Waals surface area contributed by atoms with Gasteiger partial charge in [0.15, 0.2) is 11.5 Å². The van der Waals surface area contributed by atoms with Gasteiger partial charge in [-0.1, -0.05) is 23.2 Å². The first-order valence-corrected chi connectivity index (χ1v) is 10.5. The van der Waals surface area contributed by atoms with E-state index in [4.69, 9.17) is 28.3 Å². The molecular weight excluding hydrogens is 425 g/mol. The molecule has 0 aliphatic carbocycles. The van der Waals surface area contributed by atoms with Gasteiger partial charge in [-0.05, 0) is 49.1 Å². The number of hydrogen-bond acceptors (Lipinski definition) is 6. The fraction of sp³-hybridized carbons (Fsp3) is 0.300. The second kappa shape index (κ2) is 7.86. The fourth-order valence-electron chi connectivity index (χ4n) is 3.92. The summed E-state index contributed by atoms with van der Waals surface area (Å²) in [5.41, 5.74) is 1.40. The van der Waals surface area contributed by atoms with Crippen molar-refractivity contribution in [3.8, 4) is 11.4 Å². The van der Waals surface area contributed by atoms with E-state index in [1.165, 1.54) is 0 Å². The summed E-state index contributed by atoms with van der Waals surface area (Å²) in [7, 11) is 0. The molecule has 0 spiro atoms. The molecule has 1 aromatic carbocycles. The van der Waals surface area contributed by atoms with Gasteiger partial charge in [0.1, 0.15) is 17.7 Å². The number of fused-ring (bicyclic) bond motifs is 1. The van der Waals surface area contributed by atoms with Gasteiger partial charge in [0.25, 0.3) is 0 Å². The Labute approximate surface area is 182 Å². The maximum absolute atomic E-state index is 10.5. The zero-order chi connectivity index (χ0) is 20.7. The number of benzene rings is 1. The number of nitrogens with zero attached hydrogens (tertiary/aromatic N) is 6. The van der Waals surface area contributed by atoms with Crippen molar-refractivity contribution >= 4 is 34.7 Å². The van der Waals surface area contributed by atoms with Crippen molar-refractivity contribution in [1.29, 1.82) is 0 Å². The second-order valence-corrected chi connectivity index (χ2v) is 8.26. The Morgan fingerprint density at radius 1 is 1.07 bits per heavy atom. The molecule has 5 rings (SSSR count). The minimum Gasteiger partial charge on any atom is -0.385 e. The van der Waals surface area contributed by atoms with E-state index in [1.54, 1.807) is 35.1 Å². The van der Waals surface area contributed by atoms with E-state index in [1.807, 2.05) is 12.1 Å². The average molecular weight is 444 g/mol. The van der Waals surface area contributed by atoms with E-state index >= 15 is 0 Å². The third kappa shape index (κ3) is 3.62. The minimum absolute atomic E-state index is 0.162. The van der Waals surface area contributed by atoms with Crippen molar-refractivity contribution in [2.45, 2.75) is 18.9 Å². The highest BCUT2D eigenvalue weighted by Gasteiger charge is 2.28. The number of anilines is 1. The smallest absolute Gasteiger partial charge is 0.185 e. The lowest BCUT2D eigenvalue weighted by Gasteiger charge is -2.34. The number of imidazole rings is 1. The summed E-state index contributed by atoms with van der Waals surface area (Å²) in [6, 6.07) is 9.10. The van der Waals surface area contributed by atoms with Crippen LogP contribution in [0.1, 0.15) is 24.8 Å². The number of nitrogens with one attached hydrogen (secondary N) is 1. The van der Waals surface area contributed by atoms with E-state index < -0.39 is 6.10 Å². The van der Waals surface area contributed by atoms with Crippen LogP contribution in [-0.2, 0) is 0 Å². The maximum atomic E-state index is 10.5. The maximum Gasteiger partial charge on any atom is 0.185 e. The quantitative estimate of drug-likeness (QED) is 0.498. The molecular formula is C20H19Cl2N7O. The SMILES string of the molecule is OC(c1ncc[nH]1)C1CCN(c2ccc3nnc(-c4cc(Cl)cc(Cl)c4)n3n2)CC1. The Morgan fingerprint density at radius 3 is 2.53 bits per heavy atom. The predicted molar refractivity (Wildman–Crippen MR) is 115 cm³/mol. The minimum atomic E-state index is -0.574. The monoisotopic (exact) mass is 443 g/mol. The summed E-state index contributed by atoms with van der Waals surface area (Å²) < 4.78 is 1.71. The highest BCUT2D eigenvalue weighted by atomic mass is 35.5.